The van der Waals surface area contributed by atoms with Crippen molar-refractivity contribution in [2.45, 2.75) is 20.3 Å². The largest absolute Gasteiger partial charge is 0.461 e. The third-order valence-corrected chi connectivity index (χ3v) is 4.00. The molecule has 1 amide bonds. The Morgan fingerprint density at radius 1 is 1.11 bits per heavy atom. The number of halogens is 2. The molecule has 1 aromatic heterocycles. The summed E-state index contributed by atoms with van der Waals surface area (Å²) < 4.78 is 30.5. The number of carbonyl (C=O) groups excluding carboxylic acids is 2. The van der Waals surface area contributed by atoms with Gasteiger partial charge in [-0.1, -0.05) is 12.1 Å². The number of esters is 1. The normalized spacial score (nSPS) is 10.9. The highest BCUT2D eigenvalue weighted by molar-refractivity contribution is 6.03. The Morgan fingerprint density at radius 2 is 1.82 bits per heavy atom. The van der Waals surface area contributed by atoms with Gasteiger partial charge >= 0.3 is 5.97 Å². The van der Waals surface area contributed by atoms with Crippen molar-refractivity contribution in [2.24, 2.45) is 0 Å². The topological polar surface area (TPSA) is 83.2 Å². The number of amides is 1. The van der Waals surface area contributed by atoms with Crippen molar-refractivity contribution in [1.29, 1.82) is 0 Å². The predicted octanol–water partition coefficient (Wildman–Crippen LogP) is 4.98. The number of benzene rings is 2. The fraction of sp³-hybridized carbons (Fsp3) is 0.200. The number of aromatic amines is 1. The summed E-state index contributed by atoms with van der Waals surface area (Å²) in [6.07, 6.45) is -2.54. The van der Waals surface area contributed by atoms with Crippen molar-refractivity contribution in [2.75, 3.05) is 17.2 Å². The van der Waals surface area contributed by atoms with Gasteiger partial charge in [-0.2, -0.15) is 0 Å². The number of H-pyrrole nitrogens is 1. The first-order valence-corrected chi connectivity index (χ1v) is 8.64. The Balaban J connectivity index is 2.02. The van der Waals surface area contributed by atoms with Crippen molar-refractivity contribution < 1.29 is 23.1 Å². The van der Waals surface area contributed by atoms with Crippen LogP contribution in [0.15, 0.2) is 42.5 Å². The third-order valence-electron chi connectivity index (χ3n) is 4.00. The molecule has 0 spiro atoms. The molecule has 146 valence electrons. The van der Waals surface area contributed by atoms with Crippen molar-refractivity contribution in [1.82, 2.24) is 4.98 Å². The number of nitrogens with one attached hydrogen (secondary N) is 3. The monoisotopic (exact) mass is 387 g/mol. The van der Waals surface area contributed by atoms with Crippen molar-refractivity contribution in [3.8, 4) is 0 Å². The van der Waals surface area contributed by atoms with Gasteiger partial charge < -0.3 is 20.4 Å². The summed E-state index contributed by atoms with van der Waals surface area (Å²) in [6, 6.07) is 10.8. The van der Waals surface area contributed by atoms with E-state index in [1.54, 1.807) is 25.1 Å². The molecule has 0 saturated carbocycles. The minimum Gasteiger partial charge on any atom is -0.461 e. The number of fused-ring (bicyclic) bond motifs is 1. The van der Waals surface area contributed by atoms with Crippen LogP contribution in [0.25, 0.3) is 10.9 Å². The summed E-state index contributed by atoms with van der Waals surface area (Å²) in [4.78, 5) is 26.4. The minimum absolute atomic E-state index is 0.0751. The molecule has 28 heavy (non-hydrogen) atoms. The van der Waals surface area contributed by atoms with Crippen LogP contribution in [0.1, 0.15) is 36.3 Å². The molecule has 3 aromatic rings. The summed E-state index contributed by atoms with van der Waals surface area (Å²) in [6.45, 7) is 3.34. The highest BCUT2D eigenvalue weighted by atomic mass is 19.3. The highest BCUT2D eigenvalue weighted by Gasteiger charge is 2.15. The number of aromatic nitrogens is 1. The lowest BCUT2D eigenvalue weighted by atomic mass is 10.1. The van der Waals surface area contributed by atoms with Crippen LogP contribution in [0.5, 0.6) is 0 Å². The second-order valence-electron chi connectivity index (χ2n) is 6.12. The molecule has 3 rings (SSSR count). The SMILES string of the molecule is CCOC(=O)c1cc2c(Nc3ccc(C(F)F)cc3)cc(NC(C)=O)cc2[nH]1. The Kier molecular flexibility index (Phi) is 5.58. The van der Waals surface area contributed by atoms with Crippen LogP contribution in [0.3, 0.4) is 0 Å². The second-order valence-corrected chi connectivity index (χ2v) is 6.12. The zero-order chi connectivity index (χ0) is 20.3. The number of hydrogen-bond donors (Lipinski definition) is 3. The van der Waals surface area contributed by atoms with Gasteiger partial charge in [0.1, 0.15) is 5.69 Å². The molecule has 8 heteroatoms. The molecule has 0 fully saturated rings. The molecule has 0 saturated heterocycles. The number of anilines is 3. The first kappa shape index (κ1) is 19.3. The Hall–Kier alpha value is -3.42. The predicted molar refractivity (Wildman–Crippen MR) is 103 cm³/mol. The van der Waals surface area contributed by atoms with Gasteiger partial charge in [0, 0.05) is 29.2 Å². The maximum Gasteiger partial charge on any atom is 0.354 e. The summed E-state index contributed by atoms with van der Waals surface area (Å²) in [5, 5.41) is 6.53. The van der Waals surface area contributed by atoms with Crippen molar-refractivity contribution in [3.05, 3.63) is 53.7 Å². The molecular weight excluding hydrogens is 368 g/mol. The first-order chi connectivity index (χ1) is 13.4. The molecule has 1 heterocycles. The van der Waals surface area contributed by atoms with Crippen molar-refractivity contribution >= 4 is 39.8 Å². The van der Waals surface area contributed by atoms with Gasteiger partial charge in [-0.15, -0.1) is 0 Å². The molecule has 0 bridgehead atoms. The second kappa shape index (κ2) is 8.08. The van der Waals surface area contributed by atoms with Crippen LogP contribution in [0, 0.1) is 0 Å². The smallest absolute Gasteiger partial charge is 0.354 e. The fourth-order valence-corrected chi connectivity index (χ4v) is 2.80. The van der Waals surface area contributed by atoms with Gasteiger partial charge in [-0.05, 0) is 37.3 Å². The molecule has 0 unspecified atom stereocenters. The maximum absolute atomic E-state index is 12.7. The molecule has 0 radical (unpaired) electrons. The van der Waals surface area contributed by atoms with E-state index in [0.29, 0.717) is 28.0 Å². The average Bonchev–Trinajstić information content (AvgIpc) is 3.06. The number of rotatable bonds is 6. The summed E-state index contributed by atoms with van der Waals surface area (Å²) in [7, 11) is 0. The van der Waals surface area contributed by atoms with Gasteiger partial charge in [-0.3, -0.25) is 4.79 Å². The lowest BCUT2D eigenvalue weighted by Gasteiger charge is -2.11. The van der Waals surface area contributed by atoms with E-state index >= 15 is 0 Å². The van der Waals surface area contributed by atoms with E-state index in [0.717, 1.165) is 0 Å². The van der Waals surface area contributed by atoms with Crippen LogP contribution in [0.2, 0.25) is 0 Å². The van der Waals surface area contributed by atoms with E-state index in [4.69, 9.17) is 4.74 Å². The van der Waals surface area contributed by atoms with Crippen LogP contribution in [-0.2, 0) is 9.53 Å². The fourth-order valence-electron chi connectivity index (χ4n) is 2.80. The van der Waals surface area contributed by atoms with E-state index in [2.05, 4.69) is 15.6 Å². The van der Waals surface area contributed by atoms with Crippen LogP contribution < -0.4 is 10.6 Å². The number of carbonyl (C=O) groups is 2. The lowest BCUT2D eigenvalue weighted by molar-refractivity contribution is -0.114. The molecule has 0 aliphatic carbocycles. The van der Waals surface area contributed by atoms with Gasteiger partial charge in [0.05, 0.1) is 17.8 Å². The van der Waals surface area contributed by atoms with E-state index in [-0.39, 0.29) is 23.8 Å². The average molecular weight is 387 g/mol. The minimum atomic E-state index is -2.54. The van der Waals surface area contributed by atoms with Gasteiger partial charge in [0.2, 0.25) is 5.91 Å². The Labute approximate surface area is 159 Å². The number of hydrogen-bond acceptors (Lipinski definition) is 4. The zero-order valence-electron chi connectivity index (χ0n) is 15.3. The van der Waals surface area contributed by atoms with Crippen LogP contribution in [0.4, 0.5) is 25.8 Å². The number of alkyl halides is 2. The lowest BCUT2D eigenvalue weighted by Crippen LogP contribution is -2.06. The highest BCUT2D eigenvalue weighted by Crippen LogP contribution is 2.32. The van der Waals surface area contributed by atoms with E-state index < -0.39 is 12.4 Å². The third kappa shape index (κ3) is 4.28. The molecule has 2 aromatic carbocycles. The molecule has 0 aliphatic rings. The Bertz CT molecular complexity index is 1010. The van der Waals surface area contributed by atoms with Gasteiger partial charge in [0.25, 0.3) is 6.43 Å². The first-order valence-electron chi connectivity index (χ1n) is 8.64. The Morgan fingerprint density at radius 3 is 2.43 bits per heavy atom. The summed E-state index contributed by atoms with van der Waals surface area (Å²) >= 11 is 0. The summed E-state index contributed by atoms with van der Waals surface area (Å²) in [5.41, 5.74) is 2.51. The summed E-state index contributed by atoms with van der Waals surface area (Å²) in [5.74, 6) is -0.740. The molecular formula is C20H19F2N3O3. The van der Waals surface area contributed by atoms with Crippen molar-refractivity contribution in [3.63, 3.8) is 0 Å². The number of ether oxygens (including phenoxy) is 1. The molecule has 0 atom stereocenters. The quantitative estimate of drug-likeness (QED) is 0.521. The van der Waals surface area contributed by atoms with Crippen LogP contribution in [-0.4, -0.2) is 23.5 Å². The molecule has 3 N–H and O–H groups in total. The van der Waals surface area contributed by atoms with Gasteiger partial charge in [0.15, 0.2) is 0 Å². The molecule has 0 aliphatic heterocycles. The zero-order valence-corrected chi connectivity index (χ0v) is 15.3. The standard InChI is InChI=1S/C20H19F2N3O3/c1-3-28-20(27)18-10-15-16(8-14(23-11(2)26)9-17(15)25-18)24-13-6-4-12(5-7-13)19(21)22/h4-10,19,24-25H,3H2,1-2H3,(H,23,26). The maximum atomic E-state index is 12.7. The van der Waals surface area contributed by atoms with E-state index in [9.17, 15) is 18.4 Å². The van der Waals surface area contributed by atoms with Crippen LogP contribution >= 0.6 is 0 Å². The molecule has 6 nitrogen and oxygen atoms in total. The van der Waals surface area contributed by atoms with E-state index in [1.807, 2.05) is 0 Å². The van der Waals surface area contributed by atoms with Gasteiger partial charge in [-0.25, -0.2) is 13.6 Å². The van der Waals surface area contributed by atoms with E-state index in [1.165, 1.54) is 31.2 Å².